The topological polar surface area (TPSA) is 80.9 Å². The van der Waals surface area contributed by atoms with Crippen LogP contribution in [0.5, 0.6) is 0 Å². The maximum absolute atomic E-state index is 11.2. The molecule has 0 aromatic heterocycles. The third-order valence-corrected chi connectivity index (χ3v) is 11.6. The minimum absolute atomic E-state index is 0.0684. The van der Waals surface area contributed by atoms with Crippen LogP contribution in [0.1, 0.15) is 92.9 Å². The van der Waals surface area contributed by atoms with Crippen LogP contribution in [0.25, 0.3) is 0 Å². The van der Waals surface area contributed by atoms with E-state index >= 15 is 0 Å². The summed E-state index contributed by atoms with van der Waals surface area (Å²) in [6, 6.07) is 0. The Labute approximate surface area is 201 Å². The van der Waals surface area contributed by atoms with E-state index in [0.717, 1.165) is 24.8 Å². The SMILES string of the molecule is CC=C(C(C)C)C(O)C(O)[C@@H](C)[C@H]1CC[C@H]2[C@@H]3CCC4CC(O)C(O)C[C@]4(C)[C@H]3CC[C@]12C. The highest BCUT2D eigenvalue weighted by molar-refractivity contribution is 5.15. The molecule has 0 spiro atoms. The second-order valence-corrected chi connectivity index (χ2v) is 13.2. The lowest BCUT2D eigenvalue weighted by Gasteiger charge is -2.61. The summed E-state index contributed by atoms with van der Waals surface area (Å²) < 4.78 is 0. The lowest BCUT2D eigenvalue weighted by molar-refractivity contribution is -0.162. The van der Waals surface area contributed by atoms with Gasteiger partial charge in [0.25, 0.3) is 0 Å². The van der Waals surface area contributed by atoms with E-state index in [1.165, 1.54) is 32.1 Å². The van der Waals surface area contributed by atoms with Gasteiger partial charge < -0.3 is 20.4 Å². The first kappa shape index (κ1) is 25.7. The van der Waals surface area contributed by atoms with Crippen molar-refractivity contribution in [2.45, 2.75) is 117 Å². The fourth-order valence-corrected chi connectivity index (χ4v) is 9.75. The molecule has 4 saturated carbocycles. The molecule has 0 aromatic rings. The van der Waals surface area contributed by atoms with Gasteiger partial charge in [0.2, 0.25) is 0 Å². The number of aliphatic hydroxyl groups excluding tert-OH is 4. The first-order valence-electron chi connectivity index (χ1n) is 13.8. The molecule has 0 aliphatic heterocycles. The van der Waals surface area contributed by atoms with Crippen LogP contribution in [0, 0.1) is 52.3 Å². The normalized spacial score (nSPS) is 48.6. The van der Waals surface area contributed by atoms with Gasteiger partial charge in [0.15, 0.2) is 0 Å². The van der Waals surface area contributed by atoms with Gasteiger partial charge in [-0.15, -0.1) is 0 Å². The molecule has 4 rings (SSSR count). The largest absolute Gasteiger partial charge is 0.390 e. The number of rotatable bonds is 5. The van der Waals surface area contributed by atoms with Crippen molar-refractivity contribution in [2.24, 2.45) is 52.3 Å². The van der Waals surface area contributed by atoms with Gasteiger partial charge >= 0.3 is 0 Å². The molecule has 4 heteroatoms. The molecule has 4 aliphatic rings. The summed E-state index contributed by atoms with van der Waals surface area (Å²) in [6.45, 7) is 13.2. The molecular formula is C29H50O4. The van der Waals surface area contributed by atoms with Crippen LogP contribution in [-0.2, 0) is 0 Å². The predicted octanol–water partition coefficient (Wildman–Crippen LogP) is 4.94. The van der Waals surface area contributed by atoms with E-state index in [1.807, 2.05) is 13.0 Å². The summed E-state index contributed by atoms with van der Waals surface area (Å²) in [6.07, 6.45) is 8.01. The lowest BCUT2D eigenvalue weighted by atomic mass is 9.44. The third kappa shape index (κ3) is 4.05. The Morgan fingerprint density at radius 1 is 0.879 bits per heavy atom. The van der Waals surface area contributed by atoms with Gasteiger partial charge in [-0.25, -0.2) is 0 Å². The third-order valence-electron chi connectivity index (χ3n) is 11.6. The van der Waals surface area contributed by atoms with Gasteiger partial charge in [-0.2, -0.15) is 0 Å². The molecule has 12 atom stereocenters. The van der Waals surface area contributed by atoms with E-state index in [-0.39, 0.29) is 22.7 Å². The Hall–Kier alpha value is -0.420. The maximum atomic E-state index is 11.2. The van der Waals surface area contributed by atoms with Gasteiger partial charge in [-0.3, -0.25) is 0 Å². The second-order valence-electron chi connectivity index (χ2n) is 13.2. The average Bonchev–Trinajstić information content (AvgIpc) is 3.11. The number of aliphatic hydroxyl groups is 4. The quantitative estimate of drug-likeness (QED) is 0.436. The van der Waals surface area contributed by atoms with Crippen molar-refractivity contribution < 1.29 is 20.4 Å². The number of allylic oxidation sites excluding steroid dienone is 1. The fourth-order valence-electron chi connectivity index (χ4n) is 9.75. The van der Waals surface area contributed by atoms with Gasteiger partial charge in [-0.1, -0.05) is 40.7 Å². The molecule has 190 valence electrons. The molecule has 33 heavy (non-hydrogen) atoms. The van der Waals surface area contributed by atoms with Crippen molar-refractivity contribution in [3.8, 4) is 0 Å². The van der Waals surface area contributed by atoms with Gasteiger partial charge in [0.1, 0.15) is 6.10 Å². The van der Waals surface area contributed by atoms with Crippen molar-refractivity contribution in [3.05, 3.63) is 11.6 Å². The Morgan fingerprint density at radius 2 is 1.55 bits per heavy atom. The van der Waals surface area contributed by atoms with E-state index in [1.54, 1.807) is 0 Å². The Balaban J connectivity index is 1.53. The zero-order valence-electron chi connectivity index (χ0n) is 21.9. The summed E-state index contributed by atoms with van der Waals surface area (Å²) in [5.74, 6) is 3.26. The zero-order valence-corrected chi connectivity index (χ0v) is 21.9. The van der Waals surface area contributed by atoms with Crippen LogP contribution in [-0.4, -0.2) is 44.8 Å². The highest BCUT2D eigenvalue weighted by Crippen LogP contribution is 2.68. The number of fused-ring (bicyclic) bond motifs is 5. The highest BCUT2D eigenvalue weighted by Gasteiger charge is 2.61. The monoisotopic (exact) mass is 462 g/mol. The van der Waals surface area contributed by atoms with Crippen LogP contribution in [0.15, 0.2) is 11.6 Å². The van der Waals surface area contributed by atoms with E-state index in [0.29, 0.717) is 29.6 Å². The molecule has 0 amide bonds. The standard InChI is InChI=1S/C29H50O4/c1-7-19(16(2)3)27(33)26(32)17(4)21-10-11-22-20-9-8-18-14-24(30)25(31)15-29(18,6)23(20)12-13-28(21,22)5/h7,16-18,20-27,30-33H,8-15H2,1-6H3/t17-,18?,20-,21+,22-,23-,24?,25?,26?,27?,28+,29-/m0/s1. The Bertz CT molecular complexity index is 733. The summed E-state index contributed by atoms with van der Waals surface area (Å²) in [5.41, 5.74) is 1.30. The van der Waals surface area contributed by atoms with Crippen molar-refractivity contribution in [3.63, 3.8) is 0 Å². The summed E-state index contributed by atoms with van der Waals surface area (Å²) in [4.78, 5) is 0. The molecule has 4 N–H and O–H groups in total. The molecule has 0 saturated heterocycles. The van der Waals surface area contributed by atoms with Crippen LogP contribution in [0.4, 0.5) is 0 Å². The molecule has 0 bridgehead atoms. The average molecular weight is 463 g/mol. The lowest BCUT2D eigenvalue weighted by Crippen LogP contribution is -2.57. The van der Waals surface area contributed by atoms with Crippen molar-refractivity contribution in [1.82, 2.24) is 0 Å². The maximum Gasteiger partial charge on any atom is 0.101 e. The molecule has 4 fully saturated rings. The second kappa shape index (κ2) is 9.22. The van der Waals surface area contributed by atoms with Crippen LogP contribution in [0.2, 0.25) is 0 Å². The highest BCUT2D eigenvalue weighted by atomic mass is 16.3. The summed E-state index contributed by atoms with van der Waals surface area (Å²) in [5, 5.41) is 43.1. The minimum atomic E-state index is -0.784. The van der Waals surface area contributed by atoms with Crippen LogP contribution in [0.3, 0.4) is 0 Å². The van der Waals surface area contributed by atoms with Crippen molar-refractivity contribution >= 4 is 0 Å². The number of hydrogen-bond donors (Lipinski definition) is 4. The Kier molecular flexibility index (Phi) is 7.17. The number of hydrogen-bond acceptors (Lipinski definition) is 4. The smallest absolute Gasteiger partial charge is 0.101 e. The zero-order chi connectivity index (χ0) is 24.3. The predicted molar refractivity (Wildman–Crippen MR) is 132 cm³/mol. The van der Waals surface area contributed by atoms with E-state index < -0.39 is 24.4 Å². The first-order valence-corrected chi connectivity index (χ1v) is 13.8. The molecule has 0 aromatic carbocycles. The van der Waals surface area contributed by atoms with Crippen LogP contribution >= 0.6 is 0 Å². The summed E-state index contributed by atoms with van der Waals surface area (Å²) >= 11 is 0. The van der Waals surface area contributed by atoms with Gasteiger partial charge in [0, 0.05) is 0 Å². The van der Waals surface area contributed by atoms with Gasteiger partial charge in [-0.05, 0) is 116 Å². The fraction of sp³-hybridized carbons (Fsp3) is 0.931. The molecule has 0 radical (unpaired) electrons. The van der Waals surface area contributed by atoms with E-state index in [2.05, 4.69) is 34.6 Å². The van der Waals surface area contributed by atoms with Gasteiger partial charge in [0.05, 0.1) is 18.3 Å². The minimum Gasteiger partial charge on any atom is -0.390 e. The van der Waals surface area contributed by atoms with E-state index in [4.69, 9.17) is 0 Å². The molecule has 5 unspecified atom stereocenters. The first-order chi connectivity index (χ1) is 15.5. The van der Waals surface area contributed by atoms with Crippen LogP contribution < -0.4 is 0 Å². The summed E-state index contributed by atoms with van der Waals surface area (Å²) in [7, 11) is 0. The van der Waals surface area contributed by atoms with E-state index in [9.17, 15) is 20.4 Å². The Morgan fingerprint density at radius 3 is 2.18 bits per heavy atom. The van der Waals surface area contributed by atoms with Crippen molar-refractivity contribution in [1.29, 1.82) is 0 Å². The molecule has 4 aliphatic carbocycles. The van der Waals surface area contributed by atoms with Crippen molar-refractivity contribution in [2.75, 3.05) is 0 Å². The molecule has 0 heterocycles. The molecule has 4 nitrogen and oxygen atoms in total. The molecular weight excluding hydrogens is 412 g/mol.